The molecular weight excluding hydrogens is 384 g/mol. The number of benzene rings is 2. The third kappa shape index (κ3) is 3.70. The molecule has 150 valence electrons. The number of carbonyl (C=O) groups excluding carboxylic acids is 1. The predicted molar refractivity (Wildman–Crippen MR) is 119 cm³/mol. The second-order valence-electron chi connectivity index (χ2n) is 7.59. The average molecular weight is 409 g/mol. The van der Waals surface area contributed by atoms with Gasteiger partial charge in [0.25, 0.3) is 0 Å². The molecule has 6 nitrogen and oxygen atoms in total. The molecule has 2 aromatic heterocycles. The molecule has 4 aromatic rings. The van der Waals surface area contributed by atoms with Crippen molar-refractivity contribution in [1.82, 2.24) is 14.1 Å². The van der Waals surface area contributed by atoms with Crippen molar-refractivity contribution < 1.29 is 4.79 Å². The van der Waals surface area contributed by atoms with E-state index in [1.54, 1.807) is 21.1 Å². The molecule has 1 amide bonds. The molecule has 0 saturated carbocycles. The summed E-state index contributed by atoms with van der Waals surface area (Å²) in [5.74, 6) is 0.295. The summed E-state index contributed by atoms with van der Waals surface area (Å²) in [6.07, 6.45) is 0.247. The molecule has 0 spiro atoms. The lowest BCUT2D eigenvalue weighted by Crippen LogP contribution is -2.35. The van der Waals surface area contributed by atoms with E-state index in [9.17, 15) is 9.59 Å². The van der Waals surface area contributed by atoms with Crippen LogP contribution in [0.4, 0.5) is 5.13 Å². The fourth-order valence-electron chi connectivity index (χ4n) is 3.55. The van der Waals surface area contributed by atoms with Crippen LogP contribution in [-0.4, -0.2) is 26.6 Å². The molecule has 0 aliphatic rings. The highest BCUT2D eigenvalue weighted by Crippen LogP contribution is 2.29. The summed E-state index contributed by atoms with van der Waals surface area (Å²) in [5.41, 5.74) is 2.52. The standard InChI is InChI=1S/C22H24N4O2S/c1-15(2)14-26(21-23-16-8-4-7-11-19(16)29-21)20(27)12-13-25-18-10-6-5-9-17(18)24(3)22(25)28/h4-11,15H,12-14H2,1-3H3. The minimum Gasteiger partial charge on any atom is -0.295 e. The van der Waals surface area contributed by atoms with Crippen molar-refractivity contribution in [2.24, 2.45) is 13.0 Å². The van der Waals surface area contributed by atoms with Crippen molar-refractivity contribution in [3.8, 4) is 0 Å². The van der Waals surface area contributed by atoms with Gasteiger partial charge < -0.3 is 0 Å². The van der Waals surface area contributed by atoms with Gasteiger partial charge in [0.1, 0.15) is 0 Å². The molecule has 0 fully saturated rings. The van der Waals surface area contributed by atoms with Crippen LogP contribution in [0.5, 0.6) is 0 Å². The topological polar surface area (TPSA) is 60.1 Å². The van der Waals surface area contributed by atoms with Gasteiger partial charge in [0.05, 0.1) is 21.3 Å². The Balaban J connectivity index is 1.61. The summed E-state index contributed by atoms with van der Waals surface area (Å²) in [6.45, 7) is 5.12. The molecule has 29 heavy (non-hydrogen) atoms. The van der Waals surface area contributed by atoms with Gasteiger partial charge in [-0.05, 0) is 30.2 Å². The lowest BCUT2D eigenvalue weighted by Gasteiger charge is -2.22. The number of carbonyl (C=O) groups is 1. The number of nitrogens with zero attached hydrogens (tertiary/aromatic N) is 4. The number of anilines is 1. The SMILES string of the molecule is CC(C)CN(C(=O)CCn1c(=O)n(C)c2ccccc21)c1nc2ccccc2s1. The van der Waals surface area contributed by atoms with Crippen LogP contribution in [0.15, 0.2) is 53.3 Å². The smallest absolute Gasteiger partial charge is 0.295 e. The van der Waals surface area contributed by atoms with Crippen LogP contribution in [0, 0.1) is 5.92 Å². The number of fused-ring (bicyclic) bond motifs is 2. The first kappa shape index (κ1) is 19.4. The number of hydrogen-bond acceptors (Lipinski definition) is 4. The molecule has 0 saturated heterocycles. The first-order valence-corrected chi connectivity index (χ1v) is 10.6. The lowest BCUT2D eigenvalue weighted by molar-refractivity contribution is -0.118. The number of aryl methyl sites for hydroxylation is 2. The first-order valence-electron chi connectivity index (χ1n) is 9.76. The van der Waals surface area contributed by atoms with Crippen molar-refractivity contribution in [3.63, 3.8) is 0 Å². The van der Waals surface area contributed by atoms with Gasteiger partial charge in [-0.15, -0.1) is 0 Å². The molecule has 0 radical (unpaired) electrons. The van der Waals surface area contributed by atoms with Crippen molar-refractivity contribution in [2.45, 2.75) is 26.8 Å². The van der Waals surface area contributed by atoms with Crippen LogP contribution in [0.25, 0.3) is 21.3 Å². The van der Waals surface area contributed by atoms with E-state index < -0.39 is 0 Å². The van der Waals surface area contributed by atoms with Crippen LogP contribution in [0.3, 0.4) is 0 Å². The number of imidazole rings is 1. The Labute approximate surface area is 173 Å². The highest BCUT2D eigenvalue weighted by molar-refractivity contribution is 7.22. The number of amides is 1. The fraction of sp³-hybridized carbons (Fsp3) is 0.318. The Morgan fingerprint density at radius 1 is 1.10 bits per heavy atom. The number of thiazole rings is 1. The third-order valence-electron chi connectivity index (χ3n) is 4.96. The molecule has 0 bridgehead atoms. The third-order valence-corrected chi connectivity index (χ3v) is 6.02. The number of para-hydroxylation sites is 3. The van der Waals surface area contributed by atoms with E-state index in [-0.39, 0.29) is 18.0 Å². The highest BCUT2D eigenvalue weighted by Gasteiger charge is 2.21. The van der Waals surface area contributed by atoms with Gasteiger partial charge >= 0.3 is 5.69 Å². The average Bonchev–Trinajstić information content (AvgIpc) is 3.24. The van der Waals surface area contributed by atoms with Crippen LogP contribution >= 0.6 is 11.3 Å². The molecule has 0 aliphatic heterocycles. The predicted octanol–water partition coefficient (Wildman–Crippen LogP) is 4.03. The number of hydrogen-bond donors (Lipinski definition) is 0. The van der Waals surface area contributed by atoms with Gasteiger partial charge in [-0.2, -0.15) is 0 Å². The van der Waals surface area contributed by atoms with E-state index in [1.165, 1.54) is 11.3 Å². The maximum absolute atomic E-state index is 13.2. The van der Waals surface area contributed by atoms with Crippen molar-refractivity contribution in [1.29, 1.82) is 0 Å². The van der Waals surface area contributed by atoms with E-state index >= 15 is 0 Å². The maximum atomic E-state index is 13.2. The summed E-state index contributed by atoms with van der Waals surface area (Å²) < 4.78 is 4.37. The summed E-state index contributed by atoms with van der Waals surface area (Å²) in [5, 5.41) is 0.718. The van der Waals surface area contributed by atoms with E-state index in [0.29, 0.717) is 19.0 Å². The zero-order valence-corrected chi connectivity index (χ0v) is 17.6. The van der Waals surface area contributed by atoms with Gasteiger partial charge in [0.15, 0.2) is 5.13 Å². The summed E-state index contributed by atoms with van der Waals surface area (Å²) >= 11 is 1.53. The molecule has 0 unspecified atom stereocenters. The van der Waals surface area contributed by atoms with Gasteiger partial charge in [-0.3, -0.25) is 18.8 Å². The molecule has 0 N–H and O–H groups in total. The van der Waals surface area contributed by atoms with Crippen LogP contribution < -0.4 is 10.6 Å². The molecule has 2 heterocycles. The Kier molecular flexibility index (Phi) is 5.24. The largest absolute Gasteiger partial charge is 0.328 e. The molecular formula is C22H24N4O2S. The summed E-state index contributed by atoms with van der Waals surface area (Å²) in [7, 11) is 1.76. The van der Waals surface area contributed by atoms with Crippen molar-refractivity contribution in [3.05, 3.63) is 59.0 Å². The van der Waals surface area contributed by atoms with Crippen LogP contribution in [0.2, 0.25) is 0 Å². The summed E-state index contributed by atoms with van der Waals surface area (Å²) in [4.78, 5) is 32.2. The van der Waals surface area contributed by atoms with Crippen LogP contribution in [-0.2, 0) is 18.4 Å². The molecule has 2 aromatic carbocycles. The Hall–Kier alpha value is -2.93. The maximum Gasteiger partial charge on any atom is 0.328 e. The lowest BCUT2D eigenvalue weighted by atomic mass is 10.2. The van der Waals surface area contributed by atoms with Gasteiger partial charge in [0.2, 0.25) is 5.91 Å². The van der Waals surface area contributed by atoms with Gasteiger partial charge in [-0.1, -0.05) is 49.4 Å². The van der Waals surface area contributed by atoms with Gasteiger partial charge in [0, 0.05) is 26.6 Å². The minimum absolute atomic E-state index is 0.0161. The fourth-order valence-corrected chi connectivity index (χ4v) is 4.54. The van der Waals surface area contributed by atoms with E-state index in [1.807, 2.05) is 48.5 Å². The minimum atomic E-state index is -0.102. The monoisotopic (exact) mass is 408 g/mol. The molecule has 7 heteroatoms. The van der Waals surface area contributed by atoms with Crippen molar-refractivity contribution >= 4 is 43.6 Å². The van der Waals surface area contributed by atoms with Crippen molar-refractivity contribution in [2.75, 3.05) is 11.4 Å². The number of aromatic nitrogens is 3. The van der Waals surface area contributed by atoms with E-state index in [2.05, 4.69) is 18.8 Å². The first-order chi connectivity index (χ1) is 14.0. The Morgan fingerprint density at radius 3 is 2.52 bits per heavy atom. The summed E-state index contributed by atoms with van der Waals surface area (Å²) in [6, 6.07) is 15.6. The normalized spacial score (nSPS) is 11.6. The zero-order valence-electron chi connectivity index (χ0n) is 16.8. The zero-order chi connectivity index (χ0) is 20.5. The molecule has 0 aliphatic carbocycles. The van der Waals surface area contributed by atoms with E-state index in [0.717, 1.165) is 26.4 Å². The Morgan fingerprint density at radius 2 is 1.79 bits per heavy atom. The number of rotatable bonds is 6. The second-order valence-corrected chi connectivity index (χ2v) is 8.60. The molecule has 0 atom stereocenters. The van der Waals surface area contributed by atoms with E-state index in [4.69, 9.17) is 0 Å². The van der Waals surface area contributed by atoms with Gasteiger partial charge in [-0.25, -0.2) is 9.78 Å². The second kappa shape index (κ2) is 7.83. The Bertz CT molecular complexity index is 1200. The quantitative estimate of drug-likeness (QED) is 0.484. The molecule has 4 rings (SSSR count). The highest BCUT2D eigenvalue weighted by atomic mass is 32.1. The van der Waals surface area contributed by atoms with Crippen LogP contribution in [0.1, 0.15) is 20.3 Å².